The molecule has 0 aromatic carbocycles. The minimum absolute atomic E-state index is 0. The zero-order valence-electron chi connectivity index (χ0n) is 6.15. The van der Waals surface area contributed by atoms with Crippen molar-refractivity contribution in [2.45, 2.75) is 0 Å². The van der Waals surface area contributed by atoms with Crippen molar-refractivity contribution in [3.05, 3.63) is 12.3 Å². The standard InChI is InChI=1S/2As.3Ga.3In.2N.2P/q2*-3;6*+3;4*-3. The van der Waals surface area contributed by atoms with E-state index in [1.807, 2.05) is 0 Å². The van der Waals surface area contributed by atoms with Crippen molar-refractivity contribution in [3.8, 4) is 0 Å². The molecule has 12 heteroatoms. The summed E-state index contributed by atoms with van der Waals surface area (Å²) in [6, 6.07) is 0. The van der Waals surface area contributed by atoms with Crippen LogP contribution in [0.1, 0.15) is 0 Å². The van der Waals surface area contributed by atoms with Crippen molar-refractivity contribution < 1.29 is 0 Å². The molecular weight excluding hydrogens is 793 g/mol. The first-order valence-corrected chi connectivity index (χ1v) is 0. The quantitative estimate of drug-likeness (QED) is 0.230. The molecule has 0 amide bonds. The fourth-order valence-electron chi connectivity index (χ4n) is 0. The van der Waals surface area contributed by atoms with Gasteiger partial charge in [0.2, 0.25) is 0 Å². The van der Waals surface area contributed by atoms with Crippen LogP contribution in [0.4, 0.5) is 0 Å². The van der Waals surface area contributed by atoms with Gasteiger partial charge in [0.15, 0.2) is 0 Å². The van der Waals surface area contributed by atoms with Gasteiger partial charge in [-0.1, -0.05) is 0 Å². The maximum absolute atomic E-state index is 0. The SMILES string of the molecule is [As-3].[As-3].[Ga+3].[Ga+3].[Ga+3].[In+3].[In+3].[In+3].[N-3].[N-3].[P-3].[P-3]. The molecule has 0 atom stereocenters. The van der Waals surface area contributed by atoms with Gasteiger partial charge in [0.1, 0.15) is 0 Å². The van der Waals surface area contributed by atoms with Crippen LogP contribution in [0.2, 0.25) is 0 Å². The van der Waals surface area contributed by atoms with Crippen molar-refractivity contribution in [1.82, 2.24) is 0 Å². The van der Waals surface area contributed by atoms with Crippen molar-refractivity contribution in [2.75, 3.05) is 0 Å². The third kappa shape index (κ3) is 94.8. The van der Waals surface area contributed by atoms with Crippen molar-refractivity contribution in [3.63, 3.8) is 0 Å². The molecule has 0 aliphatic rings. The first-order valence-electron chi connectivity index (χ1n) is 0. The number of hydrogen-bond acceptors (Lipinski definition) is 0. The van der Waals surface area contributed by atoms with Crippen LogP contribution in [-0.4, -0.2) is 173 Å². The molecule has 12 heavy (non-hydrogen) atoms. The Labute approximate surface area is 200 Å². The topological polar surface area (TPSA) is 61.0 Å². The van der Waals surface area contributed by atoms with Crippen molar-refractivity contribution >= 4 is 193 Å². The maximum atomic E-state index is 0. The summed E-state index contributed by atoms with van der Waals surface area (Å²) >= 11 is 0. The van der Waals surface area contributed by atoms with E-state index in [-0.39, 0.29) is 205 Å². The molecule has 0 rings (SSSR count). The van der Waals surface area contributed by atoms with E-state index in [0.717, 1.165) is 0 Å². The molecule has 0 bridgehead atoms. The van der Waals surface area contributed by atoms with Gasteiger partial charge in [-0.25, -0.2) is 0 Å². The minimum atomic E-state index is 0. The van der Waals surface area contributed by atoms with Crippen LogP contribution in [0.5, 0.6) is 0 Å². The molecule has 0 saturated carbocycles. The fourth-order valence-corrected chi connectivity index (χ4v) is 0. The largest absolute Gasteiger partial charge is 3.00 e. The summed E-state index contributed by atoms with van der Waals surface area (Å²) < 4.78 is 0. The van der Waals surface area contributed by atoms with Gasteiger partial charge in [0, 0.05) is 0 Å². The molecule has 0 aliphatic carbocycles. The van der Waals surface area contributed by atoms with E-state index in [1.165, 1.54) is 0 Å². The third-order valence-electron chi connectivity index (χ3n) is 0. The average Bonchev–Trinajstić information content (AvgIpc) is 0. The van der Waals surface area contributed by atoms with Gasteiger partial charge in [-0.3, -0.25) is 0 Å². The van der Waals surface area contributed by atoms with E-state index >= 15 is 0 Å². The Morgan fingerprint density at radius 2 is 0.417 bits per heavy atom. The zero-order valence-corrected chi connectivity index (χ0v) is 28.8. The van der Waals surface area contributed by atoms with E-state index < -0.39 is 0 Å². The second kappa shape index (κ2) is 114. The minimum Gasteiger partial charge on any atom is -3.00 e. The van der Waals surface area contributed by atoms with E-state index in [4.69, 9.17) is 0 Å². The molecule has 2 nitrogen and oxygen atoms in total. The number of hydrogen-bond donors (Lipinski definition) is 0. The molecule has 48 valence electrons. The maximum Gasteiger partial charge on any atom is 3.00 e. The van der Waals surface area contributed by atoms with Gasteiger partial charge in [-0.05, 0) is 0 Å². The fraction of sp³-hybridized carbons (Fsp3) is 0. The molecule has 0 saturated heterocycles. The molecule has 0 radical (unpaired) electrons. The molecule has 0 heterocycles. The summed E-state index contributed by atoms with van der Waals surface area (Å²) in [7, 11) is 0. The Kier molecular flexibility index (Phi) is 1290. The number of nitrogens with zero attached hydrogens (tertiary/aromatic N) is 2. The summed E-state index contributed by atoms with van der Waals surface area (Å²) in [5, 5.41) is 0. The van der Waals surface area contributed by atoms with E-state index in [2.05, 4.69) is 0 Å². The van der Waals surface area contributed by atoms with Gasteiger partial charge in [-0.2, -0.15) is 0 Å². The Hall–Kier alpha value is 6.42. The third-order valence-corrected chi connectivity index (χ3v) is 0. The van der Waals surface area contributed by atoms with Gasteiger partial charge in [-0.15, -0.1) is 0 Å². The summed E-state index contributed by atoms with van der Waals surface area (Å²) in [4.78, 5) is 0. The number of rotatable bonds is 0. The monoisotopic (exact) mass is 791 g/mol. The van der Waals surface area contributed by atoms with E-state index in [1.54, 1.807) is 0 Å². The average molecular weight is 793 g/mol. The summed E-state index contributed by atoms with van der Waals surface area (Å²) in [5.74, 6) is 0. The van der Waals surface area contributed by atoms with Gasteiger partial charge >= 0.3 is 137 Å². The molecule has 0 aromatic rings. The van der Waals surface area contributed by atoms with Crippen LogP contribution >= 0.6 is 19.8 Å². The summed E-state index contributed by atoms with van der Waals surface area (Å²) in [6.07, 6.45) is 0. The molecule has 0 aromatic heterocycles. The van der Waals surface area contributed by atoms with Crippen molar-refractivity contribution in [2.24, 2.45) is 0 Å². The summed E-state index contributed by atoms with van der Waals surface area (Å²) in [5.41, 5.74) is 0. The first-order chi connectivity index (χ1) is 0. The van der Waals surface area contributed by atoms with Crippen molar-refractivity contribution in [1.29, 1.82) is 0 Å². The molecule has 0 aliphatic heterocycles. The second-order valence-electron chi connectivity index (χ2n) is 0. The molecular formula is As2Ga3In3N2P2. The smallest absolute Gasteiger partial charge is 3.00 e. The Morgan fingerprint density at radius 1 is 0.417 bits per heavy atom. The second-order valence-corrected chi connectivity index (χ2v) is 0. The van der Waals surface area contributed by atoms with Crippen LogP contribution < -0.4 is 0 Å². The predicted octanol–water partition coefficient (Wildman–Crippen LogP) is -0.747. The van der Waals surface area contributed by atoms with Crippen LogP contribution in [0.15, 0.2) is 0 Å². The van der Waals surface area contributed by atoms with Crippen LogP contribution in [0.3, 0.4) is 0 Å². The Bertz CT molecular complexity index is 27.5. The first kappa shape index (κ1) is 136. The normalized spacial score (nSPS) is 0. The predicted molar refractivity (Wildman–Crippen MR) is 66.6 cm³/mol. The molecule has 0 fully saturated rings. The van der Waals surface area contributed by atoms with Crippen LogP contribution in [-0.2, 0) is 0 Å². The van der Waals surface area contributed by atoms with Gasteiger partial charge in [0.25, 0.3) is 0 Å². The van der Waals surface area contributed by atoms with E-state index in [0.29, 0.717) is 0 Å². The molecule has 0 N–H and O–H groups in total. The van der Waals surface area contributed by atoms with Gasteiger partial charge < -0.3 is 68.0 Å². The molecule has 0 unspecified atom stereocenters. The van der Waals surface area contributed by atoms with E-state index in [9.17, 15) is 0 Å². The van der Waals surface area contributed by atoms with Crippen LogP contribution in [0, 0.1) is 0 Å². The summed E-state index contributed by atoms with van der Waals surface area (Å²) in [6.45, 7) is 0. The van der Waals surface area contributed by atoms with Crippen LogP contribution in [0.25, 0.3) is 12.3 Å². The van der Waals surface area contributed by atoms with Gasteiger partial charge in [0.05, 0.1) is 0 Å². The zero-order chi connectivity index (χ0) is 0. The Balaban J connectivity index is 0. The molecule has 0 spiro atoms. The Morgan fingerprint density at radius 3 is 0.417 bits per heavy atom.